The van der Waals surface area contributed by atoms with E-state index in [1.807, 2.05) is 0 Å². The van der Waals surface area contributed by atoms with E-state index >= 15 is 0 Å². The zero-order valence-electron chi connectivity index (χ0n) is 5.76. The quantitative estimate of drug-likeness (QED) is 0.495. The van der Waals surface area contributed by atoms with E-state index in [0.29, 0.717) is 0 Å². The van der Waals surface area contributed by atoms with Crippen molar-refractivity contribution >= 4 is 10.1 Å². The average molecular weight is 202 g/mol. The number of terminal acetylenes is 1. The molecule has 0 aromatic heterocycles. The van der Waals surface area contributed by atoms with E-state index in [9.17, 15) is 21.6 Å². The van der Waals surface area contributed by atoms with Crippen LogP contribution in [0.2, 0.25) is 0 Å². The summed E-state index contributed by atoms with van der Waals surface area (Å²) in [5, 5.41) is 0. The van der Waals surface area contributed by atoms with Gasteiger partial charge in [-0.2, -0.15) is 21.6 Å². The summed E-state index contributed by atoms with van der Waals surface area (Å²) in [5.74, 6) is 0.806. The van der Waals surface area contributed by atoms with Gasteiger partial charge in [0.15, 0.2) is 6.61 Å². The molecule has 0 aliphatic carbocycles. The lowest BCUT2D eigenvalue weighted by molar-refractivity contribution is -0.152. The third-order valence-corrected chi connectivity index (χ3v) is 1.66. The van der Waals surface area contributed by atoms with E-state index in [1.54, 1.807) is 5.92 Å². The third kappa shape index (κ3) is 6.00. The molecule has 0 aromatic carbocycles. The van der Waals surface area contributed by atoms with Gasteiger partial charge < -0.3 is 0 Å². The molecule has 0 atom stereocenters. The van der Waals surface area contributed by atoms with Gasteiger partial charge in [-0.1, -0.05) is 5.92 Å². The molecule has 0 heterocycles. The normalized spacial score (nSPS) is 12.5. The Labute approximate surface area is 67.6 Å². The van der Waals surface area contributed by atoms with Crippen molar-refractivity contribution in [3.05, 3.63) is 0 Å². The van der Waals surface area contributed by atoms with Gasteiger partial charge >= 0.3 is 6.18 Å². The first-order valence-electron chi connectivity index (χ1n) is 2.64. The van der Waals surface area contributed by atoms with Gasteiger partial charge in [-0.05, 0) is 0 Å². The van der Waals surface area contributed by atoms with Crippen LogP contribution < -0.4 is 0 Å². The first-order chi connectivity index (χ1) is 5.27. The summed E-state index contributed by atoms with van der Waals surface area (Å²) >= 11 is 0. The number of rotatable bonds is 3. The first-order valence-corrected chi connectivity index (χ1v) is 4.22. The molecule has 3 nitrogen and oxygen atoms in total. The molecule has 0 radical (unpaired) electrons. The van der Waals surface area contributed by atoms with E-state index in [4.69, 9.17) is 0 Å². The standard InChI is InChI=1S/C5H5F3O3S/c1-2-3-12(9,10)11-4-5(6,7)8/h1H,3-4H2. The van der Waals surface area contributed by atoms with E-state index in [0.717, 1.165) is 0 Å². The van der Waals surface area contributed by atoms with Crippen LogP contribution >= 0.6 is 0 Å². The fourth-order valence-electron chi connectivity index (χ4n) is 0.300. The Kier molecular flexibility index (Phi) is 3.55. The van der Waals surface area contributed by atoms with Crippen molar-refractivity contribution in [2.45, 2.75) is 6.18 Å². The molecule has 0 saturated carbocycles. The second-order valence-electron chi connectivity index (χ2n) is 1.78. The van der Waals surface area contributed by atoms with Crippen molar-refractivity contribution in [2.24, 2.45) is 0 Å². The van der Waals surface area contributed by atoms with Gasteiger partial charge in [-0.15, -0.1) is 6.42 Å². The number of alkyl halides is 3. The molecule has 0 aliphatic heterocycles. The van der Waals surface area contributed by atoms with Gasteiger partial charge in [0.2, 0.25) is 0 Å². The number of hydrogen-bond donors (Lipinski definition) is 0. The molecule has 0 spiro atoms. The molecule has 7 heteroatoms. The van der Waals surface area contributed by atoms with Gasteiger partial charge in [-0.3, -0.25) is 4.18 Å². The Morgan fingerprint density at radius 2 is 1.92 bits per heavy atom. The Morgan fingerprint density at radius 1 is 1.42 bits per heavy atom. The molecule has 0 aliphatic rings. The lowest BCUT2D eigenvalue weighted by atomic mass is 10.7. The molecule has 0 N–H and O–H groups in total. The molecular formula is C5H5F3O3S. The molecule has 12 heavy (non-hydrogen) atoms. The second kappa shape index (κ2) is 3.78. The SMILES string of the molecule is C#CCS(=O)(=O)OCC(F)(F)F. The van der Waals surface area contributed by atoms with Crippen LogP contribution in [0.3, 0.4) is 0 Å². The van der Waals surface area contributed by atoms with E-state index in [-0.39, 0.29) is 0 Å². The number of halogens is 3. The Bertz CT molecular complexity index is 271. The zero-order chi connectivity index (χ0) is 9.83. The second-order valence-corrected chi connectivity index (χ2v) is 3.42. The molecule has 0 unspecified atom stereocenters. The topological polar surface area (TPSA) is 43.4 Å². The van der Waals surface area contributed by atoms with Crippen LogP contribution in [-0.2, 0) is 14.3 Å². The molecule has 0 rings (SSSR count). The molecule has 0 fully saturated rings. The third-order valence-electron chi connectivity index (χ3n) is 0.662. The fourth-order valence-corrected chi connectivity index (χ4v) is 0.901. The van der Waals surface area contributed by atoms with Gasteiger partial charge in [0.1, 0.15) is 5.75 Å². The summed E-state index contributed by atoms with van der Waals surface area (Å²) in [4.78, 5) is 0. The summed E-state index contributed by atoms with van der Waals surface area (Å²) in [6, 6.07) is 0. The summed E-state index contributed by atoms with van der Waals surface area (Å²) in [5.41, 5.74) is 0. The Balaban J connectivity index is 4.05. The van der Waals surface area contributed by atoms with Crippen molar-refractivity contribution in [1.29, 1.82) is 0 Å². The minimum absolute atomic E-state index is 0.858. The van der Waals surface area contributed by atoms with Crippen molar-refractivity contribution in [2.75, 3.05) is 12.4 Å². The predicted octanol–water partition coefficient (Wildman–Crippen LogP) is 0.528. The first kappa shape index (κ1) is 11.3. The maximum atomic E-state index is 11.4. The van der Waals surface area contributed by atoms with Crippen molar-refractivity contribution in [3.63, 3.8) is 0 Å². The maximum Gasteiger partial charge on any atom is 0.413 e. The average Bonchev–Trinajstić information content (AvgIpc) is 1.83. The van der Waals surface area contributed by atoms with Crippen LogP contribution in [0, 0.1) is 12.3 Å². The lowest BCUT2D eigenvalue weighted by Crippen LogP contribution is -2.21. The highest BCUT2D eigenvalue weighted by Crippen LogP contribution is 2.15. The highest BCUT2D eigenvalue weighted by molar-refractivity contribution is 7.86. The monoisotopic (exact) mass is 202 g/mol. The minimum atomic E-state index is -4.67. The van der Waals surface area contributed by atoms with E-state index in [1.165, 1.54) is 0 Å². The van der Waals surface area contributed by atoms with E-state index < -0.39 is 28.7 Å². The fraction of sp³-hybridized carbons (Fsp3) is 0.600. The molecule has 0 bridgehead atoms. The summed E-state index contributed by atoms with van der Waals surface area (Å²) < 4.78 is 58.5. The van der Waals surface area contributed by atoms with Gasteiger partial charge in [0.25, 0.3) is 10.1 Å². The smallest absolute Gasteiger partial charge is 0.260 e. The molecule has 70 valence electrons. The maximum absolute atomic E-state index is 11.4. The van der Waals surface area contributed by atoms with Crippen LogP contribution in [0.1, 0.15) is 0 Å². The summed E-state index contributed by atoms with van der Waals surface area (Å²) in [7, 11) is -4.22. The predicted molar refractivity (Wildman–Crippen MR) is 34.6 cm³/mol. The van der Waals surface area contributed by atoms with Gasteiger partial charge in [0, 0.05) is 0 Å². The van der Waals surface area contributed by atoms with Crippen LogP contribution in [0.15, 0.2) is 0 Å². The molecular weight excluding hydrogens is 197 g/mol. The lowest BCUT2D eigenvalue weighted by Gasteiger charge is -2.05. The largest absolute Gasteiger partial charge is 0.413 e. The molecule has 0 aromatic rings. The van der Waals surface area contributed by atoms with Gasteiger partial charge in [0.05, 0.1) is 0 Å². The van der Waals surface area contributed by atoms with Crippen LogP contribution in [0.25, 0.3) is 0 Å². The van der Waals surface area contributed by atoms with Crippen LogP contribution in [0.5, 0.6) is 0 Å². The highest BCUT2D eigenvalue weighted by atomic mass is 32.2. The van der Waals surface area contributed by atoms with Crippen molar-refractivity contribution in [1.82, 2.24) is 0 Å². The minimum Gasteiger partial charge on any atom is -0.260 e. The summed E-state index contributed by atoms with van der Waals surface area (Å²) in [6.07, 6.45) is -0.101. The van der Waals surface area contributed by atoms with Crippen molar-refractivity contribution in [3.8, 4) is 12.3 Å². The van der Waals surface area contributed by atoms with Crippen LogP contribution in [0.4, 0.5) is 13.2 Å². The van der Waals surface area contributed by atoms with E-state index in [2.05, 4.69) is 10.6 Å². The molecule has 0 saturated heterocycles. The zero-order valence-corrected chi connectivity index (χ0v) is 6.57. The Hall–Kier alpha value is -0.740. The van der Waals surface area contributed by atoms with Gasteiger partial charge in [-0.25, -0.2) is 0 Å². The summed E-state index contributed by atoms with van der Waals surface area (Å²) in [6.45, 7) is -1.84. The Morgan fingerprint density at radius 3 is 2.25 bits per heavy atom. The highest BCUT2D eigenvalue weighted by Gasteiger charge is 2.30. The molecule has 0 amide bonds. The number of hydrogen-bond acceptors (Lipinski definition) is 3. The van der Waals surface area contributed by atoms with Crippen LogP contribution in [-0.4, -0.2) is 27.0 Å². The van der Waals surface area contributed by atoms with Crippen molar-refractivity contribution < 1.29 is 25.8 Å².